The Hall–Kier alpha value is -3.72. The highest BCUT2D eigenvalue weighted by atomic mass is 16.1. The smallest absolute Gasteiger partial charge is 0.129 e. The van der Waals surface area contributed by atoms with Gasteiger partial charge in [0, 0.05) is 19.7 Å². The van der Waals surface area contributed by atoms with Crippen molar-refractivity contribution in [1.29, 1.82) is 0 Å². The molecule has 0 N–H and O–H groups in total. The van der Waals surface area contributed by atoms with Crippen LogP contribution >= 0.6 is 0 Å². The van der Waals surface area contributed by atoms with Gasteiger partial charge in [0.2, 0.25) is 0 Å². The zero-order valence-corrected chi connectivity index (χ0v) is 20.2. The summed E-state index contributed by atoms with van der Waals surface area (Å²) >= 11 is 0. The van der Waals surface area contributed by atoms with Gasteiger partial charge in [0.15, 0.2) is 0 Å². The molecule has 0 bridgehead atoms. The van der Waals surface area contributed by atoms with E-state index < -0.39 is 0 Å². The van der Waals surface area contributed by atoms with E-state index in [0.29, 0.717) is 6.42 Å². The fourth-order valence-corrected chi connectivity index (χ4v) is 3.29. The molecule has 0 aliphatic heterocycles. The normalized spacial score (nSPS) is 10.6. The Balaban J connectivity index is 0.000000696. The highest BCUT2D eigenvalue weighted by Gasteiger charge is 2.11. The summed E-state index contributed by atoms with van der Waals surface area (Å²) in [6.45, 7) is 16.4. The van der Waals surface area contributed by atoms with E-state index in [1.54, 1.807) is 6.92 Å². The molecule has 0 fully saturated rings. The lowest BCUT2D eigenvalue weighted by atomic mass is 9.98. The maximum atomic E-state index is 9.81. The van der Waals surface area contributed by atoms with E-state index in [2.05, 4.69) is 99.0 Å². The molecule has 3 rings (SSSR count). The minimum atomic E-state index is 0.255. The molecule has 0 amide bonds. The highest BCUT2D eigenvalue weighted by Crippen LogP contribution is 2.28. The molecule has 0 unspecified atom stereocenters. The van der Waals surface area contributed by atoms with Crippen molar-refractivity contribution in [3.63, 3.8) is 0 Å². The standard InChI is InChI=1S/C26H26N2.C4H8O/c1-5-28(27-4)26(19-21(3)25-14-10-9-11-20(25)2)24-17-15-23(16-18-24)22-12-7-6-8-13-22;1-3-4(2)5/h6-19H,3-5H2,1-2H3;3H2,1-2H3/b26-19-;. The van der Waals surface area contributed by atoms with Crippen molar-refractivity contribution >= 4 is 23.8 Å². The number of hydrogen-bond donors (Lipinski definition) is 0. The van der Waals surface area contributed by atoms with Gasteiger partial charge >= 0.3 is 0 Å². The Bertz CT molecular complexity index is 1100. The van der Waals surface area contributed by atoms with Crippen LogP contribution in [0.1, 0.15) is 43.9 Å². The van der Waals surface area contributed by atoms with Crippen LogP contribution in [-0.4, -0.2) is 24.1 Å². The number of benzene rings is 3. The Morgan fingerprint density at radius 1 is 0.909 bits per heavy atom. The fourth-order valence-electron chi connectivity index (χ4n) is 3.29. The Morgan fingerprint density at radius 2 is 1.45 bits per heavy atom. The first kappa shape index (κ1) is 25.5. The van der Waals surface area contributed by atoms with E-state index in [9.17, 15) is 4.79 Å². The number of aryl methyl sites for hydroxylation is 1. The van der Waals surface area contributed by atoms with Crippen LogP contribution in [0.3, 0.4) is 0 Å². The van der Waals surface area contributed by atoms with Crippen molar-refractivity contribution in [2.24, 2.45) is 5.10 Å². The van der Waals surface area contributed by atoms with Crippen molar-refractivity contribution in [1.82, 2.24) is 5.01 Å². The van der Waals surface area contributed by atoms with E-state index in [4.69, 9.17) is 0 Å². The molecule has 0 radical (unpaired) electrons. The van der Waals surface area contributed by atoms with Crippen LogP contribution in [0.15, 0.2) is 96.6 Å². The van der Waals surface area contributed by atoms with Gasteiger partial charge < -0.3 is 4.79 Å². The molecule has 0 aromatic heterocycles. The molecule has 0 spiro atoms. The summed E-state index contributed by atoms with van der Waals surface area (Å²) in [7, 11) is 0. The van der Waals surface area contributed by atoms with Crippen molar-refractivity contribution < 1.29 is 4.79 Å². The third-order valence-electron chi connectivity index (χ3n) is 5.34. The topological polar surface area (TPSA) is 32.7 Å². The maximum Gasteiger partial charge on any atom is 0.129 e. The van der Waals surface area contributed by atoms with Gasteiger partial charge in [-0.3, -0.25) is 5.01 Å². The Morgan fingerprint density at radius 3 is 1.97 bits per heavy atom. The van der Waals surface area contributed by atoms with Crippen LogP contribution in [-0.2, 0) is 4.79 Å². The van der Waals surface area contributed by atoms with Gasteiger partial charge in [-0.1, -0.05) is 92.4 Å². The van der Waals surface area contributed by atoms with Crippen LogP contribution in [0.25, 0.3) is 22.4 Å². The molecule has 33 heavy (non-hydrogen) atoms. The summed E-state index contributed by atoms with van der Waals surface area (Å²) in [5.41, 5.74) is 7.78. The van der Waals surface area contributed by atoms with E-state index in [-0.39, 0.29) is 5.78 Å². The van der Waals surface area contributed by atoms with E-state index in [1.165, 1.54) is 16.7 Å². The number of hydrazone groups is 1. The third-order valence-corrected chi connectivity index (χ3v) is 5.34. The number of carbonyl (C=O) groups excluding carboxylic acids is 1. The summed E-state index contributed by atoms with van der Waals surface area (Å²) in [5, 5.41) is 6.11. The molecule has 0 saturated heterocycles. The monoisotopic (exact) mass is 438 g/mol. The van der Waals surface area contributed by atoms with Gasteiger partial charge in [-0.25, -0.2) is 0 Å². The molecule has 0 atom stereocenters. The van der Waals surface area contributed by atoms with Crippen LogP contribution in [0, 0.1) is 6.92 Å². The minimum absolute atomic E-state index is 0.255. The Labute approximate surface area is 198 Å². The fraction of sp³-hybridized carbons (Fsp3) is 0.200. The van der Waals surface area contributed by atoms with Gasteiger partial charge in [0.05, 0.1) is 5.70 Å². The summed E-state index contributed by atoms with van der Waals surface area (Å²) in [4.78, 5) is 9.81. The summed E-state index contributed by atoms with van der Waals surface area (Å²) in [6, 6.07) is 27.2. The maximum absolute atomic E-state index is 9.81. The predicted molar refractivity (Wildman–Crippen MR) is 143 cm³/mol. The number of allylic oxidation sites excluding steroid dienone is 2. The number of nitrogens with zero attached hydrogens (tertiary/aromatic N) is 2. The molecular formula is C30H34N2O. The summed E-state index contributed by atoms with van der Waals surface area (Å²) in [5.74, 6) is 0.255. The van der Waals surface area contributed by atoms with Crippen molar-refractivity contribution in [3.05, 3.63) is 108 Å². The predicted octanol–water partition coefficient (Wildman–Crippen LogP) is 7.64. The molecule has 3 nitrogen and oxygen atoms in total. The van der Waals surface area contributed by atoms with Crippen molar-refractivity contribution in [2.45, 2.75) is 34.1 Å². The largest absolute Gasteiger partial charge is 0.300 e. The first-order valence-corrected chi connectivity index (χ1v) is 11.3. The molecule has 0 aliphatic carbocycles. The van der Waals surface area contributed by atoms with E-state index in [0.717, 1.165) is 28.9 Å². The average molecular weight is 439 g/mol. The second kappa shape index (κ2) is 13.0. The number of ketones is 1. The van der Waals surface area contributed by atoms with Gasteiger partial charge in [0.1, 0.15) is 5.78 Å². The van der Waals surface area contributed by atoms with Gasteiger partial charge in [-0.05, 0) is 60.2 Å². The van der Waals surface area contributed by atoms with E-state index >= 15 is 0 Å². The van der Waals surface area contributed by atoms with E-state index in [1.807, 2.05) is 30.1 Å². The third kappa shape index (κ3) is 7.43. The quantitative estimate of drug-likeness (QED) is 0.206. The first-order valence-electron chi connectivity index (χ1n) is 11.3. The number of carbonyl (C=O) groups is 1. The molecule has 0 aliphatic rings. The van der Waals surface area contributed by atoms with Crippen LogP contribution in [0.5, 0.6) is 0 Å². The lowest BCUT2D eigenvalue weighted by molar-refractivity contribution is -0.116. The molecule has 0 saturated carbocycles. The lowest BCUT2D eigenvalue weighted by Crippen LogP contribution is -2.15. The molecule has 3 aromatic carbocycles. The van der Waals surface area contributed by atoms with Crippen LogP contribution in [0.4, 0.5) is 0 Å². The molecular weight excluding hydrogens is 404 g/mol. The first-order chi connectivity index (χ1) is 15.9. The van der Waals surface area contributed by atoms with Crippen LogP contribution < -0.4 is 0 Å². The van der Waals surface area contributed by atoms with Crippen molar-refractivity contribution in [3.8, 4) is 11.1 Å². The molecule has 0 heterocycles. The van der Waals surface area contributed by atoms with Gasteiger partial charge in [0.25, 0.3) is 0 Å². The number of Topliss-reactive ketones (excluding diaryl/α,β-unsaturated/α-hetero) is 1. The number of rotatable bonds is 8. The SMILES string of the molecule is C=NN(CC)/C(=C\C(=C)c1ccccc1C)c1ccc(-c2ccccc2)cc1.CCC(C)=O. The number of hydrogen-bond acceptors (Lipinski definition) is 3. The second-order valence-electron chi connectivity index (χ2n) is 7.73. The highest BCUT2D eigenvalue weighted by molar-refractivity contribution is 5.83. The molecule has 170 valence electrons. The lowest BCUT2D eigenvalue weighted by Gasteiger charge is -2.21. The minimum Gasteiger partial charge on any atom is -0.300 e. The van der Waals surface area contributed by atoms with Gasteiger partial charge in [-0.15, -0.1) is 0 Å². The molecule has 3 heteroatoms. The Kier molecular flexibility index (Phi) is 10.0. The molecule has 3 aromatic rings. The zero-order valence-electron chi connectivity index (χ0n) is 20.2. The van der Waals surface area contributed by atoms with Gasteiger partial charge in [-0.2, -0.15) is 5.10 Å². The van der Waals surface area contributed by atoms with Crippen molar-refractivity contribution in [2.75, 3.05) is 6.54 Å². The van der Waals surface area contributed by atoms with Crippen LogP contribution in [0.2, 0.25) is 0 Å². The second-order valence-corrected chi connectivity index (χ2v) is 7.73. The average Bonchev–Trinajstić information content (AvgIpc) is 2.85. The summed E-state index contributed by atoms with van der Waals surface area (Å²) in [6.07, 6.45) is 2.76. The summed E-state index contributed by atoms with van der Waals surface area (Å²) < 4.78 is 0. The zero-order chi connectivity index (χ0) is 24.2.